The molecule has 9 nitrogen and oxygen atoms in total. The lowest BCUT2D eigenvalue weighted by atomic mass is 10.2. The summed E-state index contributed by atoms with van der Waals surface area (Å²) in [5.41, 5.74) is 11.1. The number of ether oxygens (including phenoxy) is 3. The first-order valence-corrected chi connectivity index (χ1v) is 13.9. The molecule has 2 aromatic carbocycles. The van der Waals surface area contributed by atoms with Gasteiger partial charge in [0.25, 0.3) is 0 Å². The first kappa shape index (κ1) is 31.2. The van der Waals surface area contributed by atoms with E-state index in [4.69, 9.17) is 38.6 Å². The molecule has 0 aliphatic carbocycles. The van der Waals surface area contributed by atoms with Crippen LogP contribution in [0.3, 0.4) is 0 Å². The molecule has 13 heteroatoms. The van der Waals surface area contributed by atoms with Crippen LogP contribution in [0.15, 0.2) is 50.4 Å². The first-order valence-electron chi connectivity index (χ1n) is 11.4. The Balaban J connectivity index is 1.79. The van der Waals surface area contributed by atoms with Crippen molar-refractivity contribution in [3.8, 4) is 11.5 Å². The Bertz CT molecular complexity index is 1060. The van der Waals surface area contributed by atoms with E-state index in [2.05, 4.69) is 63.9 Å². The molecule has 0 saturated heterocycles. The average molecular weight is 677 g/mol. The van der Waals surface area contributed by atoms with Crippen molar-refractivity contribution >= 4 is 72.7 Å². The fourth-order valence-corrected chi connectivity index (χ4v) is 4.40. The Morgan fingerprint density at radius 1 is 0.946 bits per heavy atom. The lowest BCUT2D eigenvalue weighted by Gasteiger charge is -2.18. The summed E-state index contributed by atoms with van der Waals surface area (Å²) in [5, 5.41) is 11.4. The molecular weight excluding hydrogens is 644 g/mol. The summed E-state index contributed by atoms with van der Waals surface area (Å²) in [7, 11) is 3.27. The third-order valence-electron chi connectivity index (χ3n) is 4.91. The smallest absolute Gasteiger partial charge is 0.187 e. The van der Waals surface area contributed by atoms with Gasteiger partial charge >= 0.3 is 0 Å². The molecule has 2 rings (SSSR count). The van der Waals surface area contributed by atoms with Crippen molar-refractivity contribution in [3.05, 3.63) is 56.5 Å². The maximum Gasteiger partial charge on any atom is 0.187 e. The molecule has 1 atom stereocenters. The molecule has 0 aliphatic heterocycles. The van der Waals surface area contributed by atoms with Gasteiger partial charge in [0.1, 0.15) is 11.5 Å². The van der Waals surface area contributed by atoms with Crippen molar-refractivity contribution < 1.29 is 14.2 Å². The van der Waals surface area contributed by atoms with Crippen LogP contribution in [-0.2, 0) is 17.8 Å². The highest BCUT2D eigenvalue weighted by atomic mass is 79.9. The molecule has 37 heavy (non-hydrogen) atoms. The van der Waals surface area contributed by atoms with Crippen molar-refractivity contribution in [1.29, 1.82) is 0 Å². The van der Waals surface area contributed by atoms with E-state index in [-0.39, 0.29) is 6.04 Å². The summed E-state index contributed by atoms with van der Waals surface area (Å²) < 4.78 is 17.8. The maximum absolute atomic E-state index is 5.48. The van der Waals surface area contributed by atoms with E-state index in [0.29, 0.717) is 42.9 Å². The number of halogens is 2. The molecule has 0 spiro atoms. The van der Waals surface area contributed by atoms with Crippen LogP contribution in [0.25, 0.3) is 0 Å². The van der Waals surface area contributed by atoms with Crippen LogP contribution >= 0.6 is 56.3 Å². The summed E-state index contributed by atoms with van der Waals surface area (Å²) in [6.45, 7) is 4.26. The minimum atomic E-state index is -0.158. The van der Waals surface area contributed by atoms with Gasteiger partial charge in [-0.2, -0.15) is 5.10 Å². The third kappa shape index (κ3) is 11.9. The molecule has 0 bridgehead atoms. The Hall–Kier alpha value is -2.03. The van der Waals surface area contributed by atoms with Gasteiger partial charge in [-0.25, -0.2) is 5.43 Å². The molecular formula is C24H32Br2N6O3S2. The number of benzene rings is 2. The van der Waals surface area contributed by atoms with Gasteiger partial charge in [-0.15, -0.1) is 0 Å². The Morgan fingerprint density at radius 2 is 1.51 bits per heavy atom. The van der Waals surface area contributed by atoms with E-state index in [1.165, 1.54) is 0 Å². The number of rotatable bonds is 14. The fraction of sp³-hybridized carbons (Fsp3) is 0.375. The predicted octanol–water partition coefficient (Wildman–Crippen LogP) is 4.14. The van der Waals surface area contributed by atoms with Gasteiger partial charge in [-0.1, -0.05) is 12.1 Å². The lowest BCUT2D eigenvalue weighted by molar-refractivity contribution is 0.141. The van der Waals surface area contributed by atoms with Crippen LogP contribution in [0.2, 0.25) is 0 Å². The second kappa shape index (κ2) is 17.5. The van der Waals surface area contributed by atoms with Crippen LogP contribution in [0.4, 0.5) is 0 Å². The largest absolute Gasteiger partial charge is 0.496 e. The summed E-state index contributed by atoms with van der Waals surface area (Å²) in [6, 6.07) is 11.5. The summed E-state index contributed by atoms with van der Waals surface area (Å²) >= 11 is 17.7. The second-order valence-corrected chi connectivity index (χ2v) is 10.1. The normalized spacial score (nSPS) is 11.6. The highest BCUT2D eigenvalue weighted by Gasteiger charge is 2.08. The summed E-state index contributed by atoms with van der Waals surface area (Å²) in [4.78, 5) is 0. The van der Waals surface area contributed by atoms with E-state index in [0.717, 1.165) is 31.6 Å². The molecule has 0 aromatic heterocycles. The Labute approximate surface area is 245 Å². The van der Waals surface area contributed by atoms with Crippen LogP contribution in [0, 0.1) is 0 Å². The highest BCUT2D eigenvalue weighted by molar-refractivity contribution is 9.10. The van der Waals surface area contributed by atoms with Crippen LogP contribution in [-0.4, -0.2) is 49.9 Å². The van der Waals surface area contributed by atoms with Crippen molar-refractivity contribution in [1.82, 2.24) is 26.9 Å². The fourth-order valence-electron chi connectivity index (χ4n) is 2.97. The third-order valence-corrected chi connectivity index (χ3v) is 6.63. The Kier molecular flexibility index (Phi) is 14.7. The van der Waals surface area contributed by atoms with Crippen molar-refractivity contribution in [2.75, 3.05) is 27.4 Å². The van der Waals surface area contributed by atoms with Gasteiger partial charge in [-0.05, 0) is 105 Å². The van der Waals surface area contributed by atoms with Crippen molar-refractivity contribution in [2.24, 2.45) is 5.10 Å². The number of methoxy groups -OCH3 is 2. The van der Waals surface area contributed by atoms with Crippen LogP contribution < -0.4 is 36.4 Å². The average Bonchev–Trinajstić information content (AvgIpc) is 2.89. The zero-order chi connectivity index (χ0) is 27.0. The molecule has 0 radical (unpaired) electrons. The van der Waals surface area contributed by atoms with Gasteiger partial charge in [-0.3, -0.25) is 10.9 Å². The number of nitrogens with one attached hydrogen (secondary N) is 5. The molecule has 0 amide bonds. The standard InChI is InChI=1S/C24H32Br2N6O3S2/c1-4-35-10-9-18(30-32-24(37)28-14-17-6-8-22(34-3)20(26)12-17)15-29-31-23(36)27-13-16-5-7-21(33-2)19(25)11-16/h5-8,11-12,15,18,30H,4,9-10,13-14H2,1-3H3,(H2,27,31,36)(H2,28,32,37). The number of hydrogen-bond donors (Lipinski definition) is 5. The molecule has 2 aromatic rings. The van der Waals surface area contributed by atoms with E-state index in [9.17, 15) is 0 Å². The molecule has 202 valence electrons. The number of hydrazone groups is 1. The first-order chi connectivity index (χ1) is 17.9. The van der Waals surface area contributed by atoms with Gasteiger partial charge in [0, 0.05) is 32.5 Å². The van der Waals surface area contributed by atoms with E-state index in [1.54, 1.807) is 20.4 Å². The van der Waals surface area contributed by atoms with Gasteiger partial charge in [0.05, 0.1) is 29.2 Å². The van der Waals surface area contributed by atoms with Gasteiger partial charge in [0.2, 0.25) is 0 Å². The lowest BCUT2D eigenvalue weighted by Crippen LogP contribution is -2.49. The van der Waals surface area contributed by atoms with Gasteiger partial charge in [0.15, 0.2) is 10.2 Å². The molecule has 1 unspecified atom stereocenters. The highest BCUT2D eigenvalue weighted by Crippen LogP contribution is 2.26. The monoisotopic (exact) mass is 674 g/mol. The zero-order valence-corrected chi connectivity index (χ0v) is 25.7. The zero-order valence-electron chi connectivity index (χ0n) is 20.9. The van der Waals surface area contributed by atoms with E-state index < -0.39 is 0 Å². The minimum absolute atomic E-state index is 0.158. The SMILES string of the molecule is CCOCCC(C=NNC(=S)NCc1ccc(OC)c(Br)c1)NNC(=S)NCc1ccc(OC)c(Br)c1. The van der Waals surface area contributed by atoms with Crippen LogP contribution in [0.5, 0.6) is 11.5 Å². The van der Waals surface area contributed by atoms with Crippen molar-refractivity contribution in [2.45, 2.75) is 32.5 Å². The van der Waals surface area contributed by atoms with E-state index in [1.807, 2.05) is 43.3 Å². The molecule has 0 saturated carbocycles. The second-order valence-electron chi connectivity index (χ2n) is 7.55. The number of nitrogens with zero attached hydrogens (tertiary/aromatic N) is 1. The topological polar surface area (TPSA) is 100 Å². The Morgan fingerprint density at radius 3 is 2.03 bits per heavy atom. The quantitative estimate of drug-likeness (QED) is 0.0870. The molecule has 0 aliphatic rings. The van der Waals surface area contributed by atoms with Crippen molar-refractivity contribution in [3.63, 3.8) is 0 Å². The van der Waals surface area contributed by atoms with Crippen LogP contribution in [0.1, 0.15) is 24.5 Å². The number of thiocarbonyl (C=S) groups is 2. The molecule has 0 heterocycles. The molecule has 0 fully saturated rings. The number of hydrogen-bond acceptors (Lipinski definition) is 7. The minimum Gasteiger partial charge on any atom is -0.496 e. The molecule has 5 N–H and O–H groups in total. The summed E-state index contributed by atoms with van der Waals surface area (Å²) in [5.74, 6) is 1.55. The number of hydrazine groups is 1. The summed E-state index contributed by atoms with van der Waals surface area (Å²) in [6.07, 6.45) is 2.40. The predicted molar refractivity (Wildman–Crippen MR) is 163 cm³/mol. The van der Waals surface area contributed by atoms with E-state index >= 15 is 0 Å². The van der Waals surface area contributed by atoms with Gasteiger partial charge < -0.3 is 24.8 Å². The maximum atomic E-state index is 5.48.